The van der Waals surface area contributed by atoms with Crippen LogP contribution in [-0.2, 0) is 4.79 Å². The van der Waals surface area contributed by atoms with Crippen LogP contribution >= 0.6 is 0 Å². The van der Waals surface area contributed by atoms with E-state index in [1.54, 1.807) is 0 Å². The summed E-state index contributed by atoms with van der Waals surface area (Å²) in [5.74, 6) is 1.64. The van der Waals surface area contributed by atoms with Gasteiger partial charge in [0.1, 0.15) is 12.4 Å². The number of rotatable bonds is 8. The highest BCUT2D eigenvalue weighted by Gasteiger charge is 2.33. The van der Waals surface area contributed by atoms with Crippen molar-refractivity contribution in [2.75, 3.05) is 39.3 Å². The summed E-state index contributed by atoms with van der Waals surface area (Å²) in [7, 11) is 0. The second kappa shape index (κ2) is 9.36. The molecule has 2 aromatic rings. The molecule has 26 heavy (non-hydrogen) atoms. The van der Waals surface area contributed by atoms with Crippen molar-refractivity contribution in [3.05, 3.63) is 66.2 Å². The summed E-state index contributed by atoms with van der Waals surface area (Å²) in [6.07, 6.45) is 0. The third-order valence-corrected chi connectivity index (χ3v) is 4.85. The van der Waals surface area contributed by atoms with Gasteiger partial charge in [0, 0.05) is 19.0 Å². The minimum atomic E-state index is 0.0335. The lowest BCUT2D eigenvalue weighted by molar-refractivity contribution is -0.122. The maximum absolute atomic E-state index is 12.2. The molecular formula is C21H27N3O2. The van der Waals surface area contributed by atoms with Gasteiger partial charge in [-0.15, -0.1) is 0 Å². The number of para-hydroxylation sites is 1. The molecule has 0 bridgehead atoms. The topological polar surface area (TPSA) is 67.6 Å². The minimum Gasteiger partial charge on any atom is -0.492 e. The van der Waals surface area contributed by atoms with Crippen molar-refractivity contribution in [3.63, 3.8) is 0 Å². The predicted octanol–water partition coefficient (Wildman–Crippen LogP) is 1.86. The van der Waals surface area contributed by atoms with E-state index in [2.05, 4.69) is 34.5 Å². The molecule has 1 fully saturated rings. The van der Waals surface area contributed by atoms with E-state index in [4.69, 9.17) is 10.5 Å². The number of hydrogen-bond acceptors (Lipinski definition) is 4. The fourth-order valence-electron chi connectivity index (χ4n) is 3.54. The number of nitrogens with two attached hydrogens (primary N) is 1. The molecule has 0 spiro atoms. The first kappa shape index (κ1) is 18.4. The van der Waals surface area contributed by atoms with E-state index in [-0.39, 0.29) is 5.91 Å². The van der Waals surface area contributed by atoms with Gasteiger partial charge in [0.2, 0.25) is 5.91 Å². The molecule has 5 nitrogen and oxygen atoms in total. The van der Waals surface area contributed by atoms with Crippen LogP contribution < -0.4 is 15.8 Å². The smallest absolute Gasteiger partial charge is 0.234 e. The van der Waals surface area contributed by atoms with Crippen LogP contribution in [0.15, 0.2) is 60.7 Å². The van der Waals surface area contributed by atoms with Gasteiger partial charge in [-0.25, -0.2) is 0 Å². The predicted molar refractivity (Wildman–Crippen MR) is 103 cm³/mol. The number of amides is 1. The van der Waals surface area contributed by atoms with E-state index in [0.29, 0.717) is 38.1 Å². The van der Waals surface area contributed by atoms with Crippen LogP contribution in [0.3, 0.4) is 0 Å². The van der Waals surface area contributed by atoms with Crippen molar-refractivity contribution >= 4 is 5.91 Å². The molecule has 2 atom stereocenters. The molecule has 3 N–H and O–H groups in total. The van der Waals surface area contributed by atoms with Crippen LogP contribution in [0.25, 0.3) is 0 Å². The van der Waals surface area contributed by atoms with Gasteiger partial charge in [-0.05, 0) is 30.2 Å². The van der Waals surface area contributed by atoms with Gasteiger partial charge in [0.15, 0.2) is 0 Å². The van der Waals surface area contributed by atoms with Crippen molar-refractivity contribution in [1.82, 2.24) is 10.2 Å². The highest BCUT2D eigenvalue weighted by Crippen LogP contribution is 2.31. The van der Waals surface area contributed by atoms with Gasteiger partial charge in [-0.3, -0.25) is 9.69 Å². The molecule has 0 radical (unpaired) electrons. The Labute approximate surface area is 155 Å². The summed E-state index contributed by atoms with van der Waals surface area (Å²) in [5.41, 5.74) is 7.27. The third kappa shape index (κ3) is 5.07. The quantitative estimate of drug-likeness (QED) is 0.711. The first-order chi connectivity index (χ1) is 12.8. The molecule has 1 saturated heterocycles. The molecule has 0 aliphatic carbocycles. The van der Waals surface area contributed by atoms with Crippen LogP contribution in [0.5, 0.6) is 5.75 Å². The zero-order chi connectivity index (χ0) is 18.2. The van der Waals surface area contributed by atoms with Crippen LogP contribution in [0.2, 0.25) is 0 Å². The number of nitrogens with one attached hydrogen (secondary N) is 1. The van der Waals surface area contributed by atoms with E-state index in [9.17, 15) is 4.79 Å². The highest BCUT2D eigenvalue weighted by molar-refractivity contribution is 5.78. The van der Waals surface area contributed by atoms with Crippen LogP contribution in [-0.4, -0.2) is 50.1 Å². The Bertz CT molecular complexity index is 678. The molecule has 5 heteroatoms. The molecule has 0 unspecified atom stereocenters. The Kier molecular flexibility index (Phi) is 6.63. The third-order valence-electron chi connectivity index (χ3n) is 4.85. The Morgan fingerprint density at radius 2 is 1.77 bits per heavy atom. The summed E-state index contributed by atoms with van der Waals surface area (Å²) < 4.78 is 5.59. The molecule has 0 saturated carbocycles. The number of ether oxygens (including phenoxy) is 1. The summed E-state index contributed by atoms with van der Waals surface area (Å²) in [6, 6.07) is 20.1. The summed E-state index contributed by atoms with van der Waals surface area (Å²) in [4.78, 5) is 14.4. The van der Waals surface area contributed by atoms with Gasteiger partial charge >= 0.3 is 0 Å². The number of benzene rings is 2. The second-order valence-corrected chi connectivity index (χ2v) is 6.72. The molecule has 138 valence electrons. The van der Waals surface area contributed by atoms with E-state index < -0.39 is 0 Å². The van der Waals surface area contributed by atoms with Crippen LogP contribution in [0.4, 0.5) is 0 Å². The van der Waals surface area contributed by atoms with Crippen LogP contribution in [0.1, 0.15) is 11.5 Å². The molecule has 0 aromatic heterocycles. The standard InChI is InChI=1S/C21H27N3O2/c22-13-18-14-24(15-20(18)17-7-3-1-4-8-17)16-21(25)23-11-12-26-19-9-5-2-6-10-19/h1-10,18,20H,11-16,22H2,(H,23,25)/t18-,20+/m1/s1. The maximum Gasteiger partial charge on any atom is 0.234 e. The Hall–Kier alpha value is -2.37. The summed E-state index contributed by atoms with van der Waals surface area (Å²) in [6.45, 7) is 3.76. The first-order valence-electron chi connectivity index (χ1n) is 9.18. The summed E-state index contributed by atoms with van der Waals surface area (Å²) in [5, 5.41) is 2.93. The summed E-state index contributed by atoms with van der Waals surface area (Å²) >= 11 is 0. The monoisotopic (exact) mass is 353 g/mol. The highest BCUT2D eigenvalue weighted by atomic mass is 16.5. The molecule has 1 amide bonds. The van der Waals surface area contributed by atoms with Gasteiger partial charge < -0.3 is 15.8 Å². The number of likely N-dealkylation sites (tertiary alicyclic amines) is 1. The molecule has 1 heterocycles. The van der Waals surface area contributed by atoms with Gasteiger partial charge in [0.05, 0.1) is 13.1 Å². The van der Waals surface area contributed by atoms with E-state index >= 15 is 0 Å². The fourth-order valence-corrected chi connectivity index (χ4v) is 3.54. The van der Waals surface area contributed by atoms with Crippen molar-refractivity contribution in [3.8, 4) is 5.75 Å². The molecule has 3 rings (SSSR count). The number of carbonyl (C=O) groups is 1. The van der Waals surface area contributed by atoms with Crippen molar-refractivity contribution in [2.24, 2.45) is 11.7 Å². The minimum absolute atomic E-state index is 0.0335. The fraction of sp³-hybridized carbons (Fsp3) is 0.381. The lowest BCUT2D eigenvalue weighted by Gasteiger charge is -2.16. The zero-order valence-electron chi connectivity index (χ0n) is 15.0. The molecular weight excluding hydrogens is 326 g/mol. The van der Waals surface area contributed by atoms with Crippen molar-refractivity contribution in [1.29, 1.82) is 0 Å². The average molecular weight is 353 g/mol. The first-order valence-corrected chi connectivity index (χ1v) is 9.18. The van der Waals surface area contributed by atoms with Crippen molar-refractivity contribution < 1.29 is 9.53 Å². The Morgan fingerprint density at radius 3 is 2.46 bits per heavy atom. The van der Waals surface area contributed by atoms with Gasteiger partial charge in [0.25, 0.3) is 0 Å². The Balaban J connectivity index is 1.41. The second-order valence-electron chi connectivity index (χ2n) is 6.72. The molecule has 1 aliphatic rings. The molecule has 1 aliphatic heterocycles. The van der Waals surface area contributed by atoms with E-state index in [1.165, 1.54) is 5.56 Å². The van der Waals surface area contributed by atoms with E-state index in [1.807, 2.05) is 36.4 Å². The zero-order valence-corrected chi connectivity index (χ0v) is 15.0. The van der Waals surface area contributed by atoms with E-state index in [0.717, 1.165) is 18.8 Å². The normalized spacial score (nSPS) is 20.0. The molecule has 2 aromatic carbocycles. The van der Waals surface area contributed by atoms with Crippen LogP contribution in [0, 0.1) is 5.92 Å². The largest absolute Gasteiger partial charge is 0.492 e. The lowest BCUT2D eigenvalue weighted by atomic mass is 9.89. The maximum atomic E-state index is 12.2. The lowest BCUT2D eigenvalue weighted by Crippen LogP contribution is -2.38. The Morgan fingerprint density at radius 1 is 1.08 bits per heavy atom. The number of hydrogen-bond donors (Lipinski definition) is 2. The number of carbonyl (C=O) groups excluding carboxylic acids is 1. The van der Waals surface area contributed by atoms with Crippen molar-refractivity contribution in [2.45, 2.75) is 5.92 Å². The van der Waals surface area contributed by atoms with Gasteiger partial charge in [-0.2, -0.15) is 0 Å². The average Bonchev–Trinajstić information content (AvgIpc) is 3.09. The van der Waals surface area contributed by atoms with Gasteiger partial charge in [-0.1, -0.05) is 48.5 Å². The number of nitrogens with zero attached hydrogens (tertiary/aromatic N) is 1. The SMILES string of the molecule is NC[C@@H]1CN(CC(=O)NCCOc2ccccc2)C[C@H]1c1ccccc1.